The molecule has 0 aliphatic heterocycles. The molecule has 21 heavy (non-hydrogen) atoms. The number of benzene rings is 1. The van der Waals surface area contributed by atoms with Gasteiger partial charge in [-0.3, -0.25) is 0 Å². The molecule has 2 aromatic rings. The zero-order valence-electron chi connectivity index (χ0n) is 10.8. The maximum absolute atomic E-state index is 12.2. The zero-order valence-corrected chi connectivity index (χ0v) is 14.0. The highest BCUT2D eigenvalue weighted by Crippen LogP contribution is 2.28. The number of hydrogen-bond donors (Lipinski definition) is 2. The third-order valence-corrected chi connectivity index (χ3v) is 6.02. The van der Waals surface area contributed by atoms with E-state index in [0.29, 0.717) is 12.0 Å². The Labute approximate surface area is 137 Å². The topological polar surface area (TPSA) is 66.4 Å². The fourth-order valence-electron chi connectivity index (χ4n) is 1.74. The highest BCUT2D eigenvalue weighted by atomic mass is 35.5. The van der Waals surface area contributed by atoms with Gasteiger partial charge in [-0.1, -0.05) is 29.3 Å². The molecule has 4 nitrogen and oxygen atoms in total. The standard InChI is InChI=1S/C13H13Cl2NO3S2/c14-11-7-12(15)13(6-9(11)8-17)21(18,19)16-4-3-10-2-1-5-20-10/h1-2,5-7,16-17H,3-4,8H2. The second-order valence-corrected chi connectivity index (χ2v) is 7.84. The van der Waals surface area contributed by atoms with Crippen LogP contribution in [0.1, 0.15) is 10.4 Å². The zero-order chi connectivity index (χ0) is 15.5. The summed E-state index contributed by atoms with van der Waals surface area (Å²) in [6, 6.07) is 6.47. The predicted molar refractivity (Wildman–Crippen MR) is 85.6 cm³/mol. The van der Waals surface area contributed by atoms with Crippen LogP contribution in [0.2, 0.25) is 10.0 Å². The highest BCUT2D eigenvalue weighted by Gasteiger charge is 2.19. The summed E-state index contributed by atoms with van der Waals surface area (Å²) in [6.07, 6.45) is 0.606. The van der Waals surface area contributed by atoms with E-state index in [1.807, 2.05) is 17.5 Å². The van der Waals surface area contributed by atoms with E-state index in [4.69, 9.17) is 28.3 Å². The first-order chi connectivity index (χ1) is 9.94. The Kier molecular flexibility index (Phi) is 5.65. The van der Waals surface area contributed by atoms with Gasteiger partial charge >= 0.3 is 0 Å². The van der Waals surface area contributed by atoms with Crippen LogP contribution >= 0.6 is 34.5 Å². The van der Waals surface area contributed by atoms with E-state index in [0.717, 1.165) is 4.88 Å². The molecule has 114 valence electrons. The summed E-state index contributed by atoms with van der Waals surface area (Å²) >= 11 is 13.4. The number of aliphatic hydroxyl groups excluding tert-OH is 1. The maximum atomic E-state index is 12.2. The molecule has 0 radical (unpaired) electrons. The molecule has 0 aliphatic carbocycles. The van der Waals surface area contributed by atoms with E-state index in [1.54, 1.807) is 11.3 Å². The Morgan fingerprint density at radius 2 is 2.00 bits per heavy atom. The minimum Gasteiger partial charge on any atom is -0.392 e. The fraction of sp³-hybridized carbons (Fsp3) is 0.231. The average molecular weight is 366 g/mol. The number of hydrogen-bond acceptors (Lipinski definition) is 4. The fourth-order valence-corrected chi connectivity index (χ4v) is 4.34. The first kappa shape index (κ1) is 16.7. The lowest BCUT2D eigenvalue weighted by molar-refractivity contribution is 0.281. The first-order valence-corrected chi connectivity index (χ1v) is 9.17. The molecule has 0 saturated heterocycles. The van der Waals surface area contributed by atoms with Crippen LogP contribution in [0, 0.1) is 0 Å². The van der Waals surface area contributed by atoms with Crippen LogP contribution < -0.4 is 4.72 Å². The van der Waals surface area contributed by atoms with E-state index in [9.17, 15) is 8.42 Å². The Balaban J connectivity index is 2.15. The van der Waals surface area contributed by atoms with Crippen molar-refractivity contribution in [1.29, 1.82) is 0 Å². The number of thiophene rings is 1. The lowest BCUT2D eigenvalue weighted by Crippen LogP contribution is -2.26. The molecule has 0 amide bonds. The molecule has 0 unspecified atom stereocenters. The predicted octanol–water partition coefficient (Wildman–Crippen LogP) is 3.07. The van der Waals surface area contributed by atoms with Gasteiger partial charge in [-0.2, -0.15) is 0 Å². The number of sulfonamides is 1. The van der Waals surface area contributed by atoms with Crippen molar-refractivity contribution in [3.63, 3.8) is 0 Å². The van der Waals surface area contributed by atoms with E-state index >= 15 is 0 Å². The summed E-state index contributed by atoms with van der Waals surface area (Å²) in [5.41, 5.74) is 0.319. The molecule has 2 N–H and O–H groups in total. The molecule has 1 aromatic heterocycles. The van der Waals surface area contributed by atoms with Crippen LogP contribution in [0.5, 0.6) is 0 Å². The summed E-state index contributed by atoms with van der Waals surface area (Å²) in [5.74, 6) is 0. The van der Waals surface area contributed by atoms with Gasteiger partial charge in [-0.25, -0.2) is 13.1 Å². The van der Waals surface area contributed by atoms with Gasteiger partial charge in [0.2, 0.25) is 10.0 Å². The normalized spacial score (nSPS) is 11.8. The molecular weight excluding hydrogens is 353 g/mol. The minimum atomic E-state index is -3.74. The van der Waals surface area contributed by atoms with Crippen LogP contribution in [0.4, 0.5) is 0 Å². The van der Waals surface area contributed by atoms with Crippen LogP contribution in [0.3, 0.4) is 0 Å². The van der Waals surface area contributed by atoms with E-state index in [-0.39, 0.29) is 28.1 Å². The monoisotopic (exact) mass is 365 g/mol. The smallest absolute Gasteiger partial charge is 0.242 e. The van der Waals surface area contributed by atoms with Gasteiger partial charge in [-0.15, -0.1) is 11.3 Å². The van der Waals surface area contributed by atoms with E-state index in [2.05, 4.69) is 4.72 Å². The van der Waals surface area contributed by atoms with Crippen LogP contribution in [0.15, 0.2) is 34.5 Å². The second kappa shape index (κ2) is 7.09. The van der Waals surface area contributed by atoms with Crippen molar-refractivity contribution in [3.05, 3.63) is 50.1 Å². The molecule has 0 bridgehead atoms. The minimum absolute atomic E-state index is 0.0285. The van der Waals surface area contributed by atoms with Crippen molar-refractivity contribution in [2.75, 3.05) is 6.54 Å². The van der Waals surface area contributed by atoms with Gasteiger partial charge in [0.05, 0.1) is 11.6 Å². The molecule has 0 saturated carbocycles. The van der Waals surface area contributed by atoms with Crippen molar-refractivity contribution in [2.24, 2.45) is 0 Å². The van der Waals surface area contributed by atoms with Gasteiger partial charge in [0.15, 0.2) is 0 Å². The van der Waals surface area contributed by atoms with Gasteiger partial charge in [0, 0.05) is 16.4 Å². The van der Waals surface area contributed by atoms with Crippen molar-refractivity contribution >= 4 is 44.6 Å². The summed E-state index contributed by atoms with van der Waals surface area (Å²) in [6.45, 7) is -0.0794. The van der Waals surface area contributed by atoms with Crippen LogP contribution in [0.25, 0.3) is 0 Å². The van der Waals surface area contributed by atoms with Crippen molar-refractivity contribution in [1.82, 2.24) is 4.72 Å². The Hall–Kier alpha value is -0.630. The SMILES string of the molecule is O=S(=O)(NCCc1cccs1)c1cc(CO)c(Cl)cc1Cl. The van der Waals surface area contributed by atoms with Crippen molar-refractivity contribution in [2.45, 2.75) is 17.9 Å². The Morgan fingerprint density at radius 1 is 1.24 bits per heavy atom. The molecular formula is C13H13Cl2NO3S2. The molecule has 2 rings (SSSR count). The van der Waals surface area contributed by atoms with E-state index in [1.165, 1.54) is 12.1 Å². The van der Waals surface area contributed by atoms with Crippen molar-refractivity contribution in [3.8, 4) is 0 Å². The van der Waals surface area contributed by atoms with Gasteiger partial charge in [0.1, 0.15) is 4.90 Å². The molecule has 0 spiro atoms. The van der Waals surface area contributed by atoms with Crippen molar-refractivity contribution < 1.29 is 13.5 Å². The summed E-state index contributed by atoms with van der Waals surface area (Å²) in [4.78, 5) is 1.01. The van der Waals surface area contributed by atoms with E-state index < -0.39 is 10.0 Å². The molecule has 0 fully saturated rings. The average Bonchev–Trinajstić information content (AvgIpc) is 2.91. The number of halogens is 2. The quantitative estimate of drug-likeness (QED) is 0.826. The Bertz CT molecular complexity index is 715. The van der Waals surface area contributed by atoms with Gasteiger partial charge < -0.3 is 5.11 Å². The highest BCUT2D eigenvalue weighted by molar-refractivity contribution is 7.89. The summed E-state index contributed by atoms with van der Waals surface area (Å²) in [7, 11) is -3.74. The molecule has 8 heteroatoms. The Morgan fingerprint density at radius 3 is 2.62 bits per heavy atom. The van der Waals surface area contributed by atoms with Crippen LogP contribution in [-0.4, -0.2) is 20.1 Å². The molecule has 0 atom stereocenters. The molecule has 0 aliphatic rings. The summed E-state index contributed by atoms with van der Waals surface area (Å²) < 4.78 is 27.0. The summed E-state index contributed by atoms with van der Waals surface area (Å²) in [5, 5.41) is 11.4. The maximum Gasteiger partial charge on any atom is 0.242 e. The largest absolute Gasteiger partial charge is 0.392 e. The molecule has 1 heterocycles. The number of aliphatic hydroxyl groups is 1. The van der Waals surface area contributed by atoms with Gasteiger partial charge in [-0.05, 0) is 35.6 Å². The lowest BCUT2D eigenvalue weighted by atomic mass is 10.2. The van der Waals surface area contributed by atoms with Crippen LogP contribution in [-0.2, 0) is 23.1 Å². The molecule has 1 aromatic carbocycles. The number of nitrogens with one attached hydrogen (secondary N) is 1. The third-order valence-electron chi connectivity index (χ3n) is 2.80. The van der Waals surface area contributed by atoms with Gasteiger partial charge in [0.25, 0.3) is 0 Å². The lowest BCUT2D eigenvalue weighted by Gasteiger charge is -2.10. The second-order valence-electron chi connectivity index (χ2n) is 4.26. The first-order valence-electron chi connectivity index (χ1n) is 6.05. The number of rotatable bonds is 6. The third kappa shape index (κ3) is 4.18.